The summed E-state index contributed by atoms with van der Waals surface area (Å²) in [5, 5.41) is 1.07. The van der Waals surface area contributed by atoms with Crippen molar-refractivity contribution in [2.45, 2.75) is 0 Å². The molecular weight excluding hydrogens is 460 g/mol. The third kappa shape index (κ3) is 4.91. The zero-order chi connectivity index (χ0) is 25.0. The van der Waals surface area contributed by atoms with Crippen LogP contribution in [-0.2, 0) is 0 Å². The molecule has 6 heteroatoms. The van der Waals surface area contributed by atoms with Crippen LogP contribution in [0.25, 0.3) is 22.3 Å². The first-order valence-corrected chi connectivity index (χ1v) is 12.5. The summed E-state index contributed by atoms with van der Waals surface area (Å²) < 4.78 is 11.4. The fourth-order valence-corrected chi connectivity index (χ4v) is 4.71. The van der Waals surface area contributed by atoms with E-state index in [2.05, 4.69) is 40.1 Å². The van der Waals surface area contributed by atoms with Crippen molar-refractivity contribution in [2.75, 3.05) is 43.1 Å². The van der Waals surface area contributed by atoms with Crippen LogP contribution in [0.4, 0.5) is 11.5 Å². The van der Waals surface area contributed by atoms with Gasteiger partial charge in [0, 0.05) is 48.9 Å². The summed E-state index contributed by atoms with van der Waals surface area (Å²) in [4.78, 5) is 14.7. The second-order valence-electron chi connectivity index (χ2n) is 9.00. The average Bonchev–Trinajstić information content (AvgIpc) is 2.98. The smallest absolute Gasteiger partial charge is 0.162 e. The zero-order valence-electron chi connectivity index (χ0n) is 20.7. The van der Waals surface area contributed by atoms with Crippen LogP contribution in [0.1, 0.15) is 0 Å². The molecule has 0 spiro atoms. The van der Waals surface area contributed by atoms with Crippen molar-refractivity contribution in [3.63, 3.8) is 0 Å². The van der Waals surface area contributed by atoms with E-state index in [-0.39, 0.29) is 0 Å². The van der Waals surface area contributed by atoms with Gasteiger partial charge in [0.25, 0.3) is 0 Å². The number of fused-ring (bicyclic) bond motifs is 1. The van der Waals surface area contributed by atoms with Crippen LogP contribution >= 0.6 is 0 Å². The van der Waals surface area contributed by atoms with Gasteiger partial charge < -0.3 is 19.3 Å². The predicted molar refractivity (Wildman–Crippen MR) is 149 cm³/mol. The van der Waals surface area contributed by atoms with E-state index in [4.69, 9.17) is 19.4 Å². The highest BCUT2D eigenvalue weighted by atomic mass is 16.5. The Kier molecular flexibility index (Phi) is 6.29. The number of rotatable bonds is 6. The number of para-hydroxylation sites is 2. The molecule has 0 radical (unpaired) electrons. The molecule has 0 N–H and O–H groups in total. The largest absolute Gasteiger partial charge is 0.497 e. The minimum Gasteiger partial charge on any atom is -0.497 e. The van der Waals surface area contributed by atoms with Crippen molar-refractivity contribution in [1.29, 1.82) is 0 Å². The summed E-state index contributed by atoms with van der Waals surface area (Å²) in [6.07, 6.45) is 0. The van der Waals surface area contributed by atoms with Gasteiger partial charge in [0.1, 0.15) is 23.1 Å². The maximum Gasteiger partial charge on any atom is 0.162 e. The topological polar surface area (TPSA) is 50.7 Å². The number of ether oxygens (including phenoxy) is 2. The Labute approximate surface area is 216 Å². The molecule has 1 aromatic heterocycles. The number of piperazine rings is 1. The van der Waals surface area contributed by atoms with Gasteiger partial charge in [-0.05, 0) is 60.7 Å². The van der Waals surface area contributed by atoms with Gasteiger partial charge in [-0.2, -0.15) is 0 Å². The molecule has 184 valence electrons. The molecule has 0 unspecified atom stereocenters. The minimum absolute atomic E-state index is 0.718. The lowest BCUT2D eigenvalue weighted by Gasteiger charge is -2.37. The predicted octanol–water partition coefficient (Wildman–Crippen LogP) is 6.42. The Balaban J connectivity index is 1.25. The highest BCUT2D eigenvalue weighted by Gasteiger charge is 2.22. The number of aromatic nitrogens is 2. The Bertz CT molecular complexity index is 1500. The molecular formula is C31H28N4O2. The lowest BCUT2D eigenvalue weighted by molar-refractivity contribution is 0.414. The normalized spacial score (nSPS) is 13.5. The monoisotopic (exact) mass is 488 g/mol. The van der Waals surface area contributed by atoms with E-state index in [0.717, 1.165) is 71.5 Å². The van der Waals surface area contributed by atoms with E-state index in [9.17, 15) is 0 Å². The van der Waals surface area contributed by atoms with Crippen molar-refractivity contribution < 1.29 is 9.47 Å². The van der Waals surface area contributed by atoms with Crippen LogP contribution in [0.5, 0.6) is 17.2 Å². The summed E-state index contributed by atoms with van der Waals surface area (Å²) >= 11 is 0. The molecule has 0 amide bonds. The van der Waals surface area contributed by atoms with Gasteiger partial charge in [0.15, 0.2) is 5.82 Å². The van der Waals surface area contributed by atoms with Crippen LogP contribution in [0.3, 0.4) is 0 Å². The standard InChI is InChI=1S/C31H28N4O2/c1-36-27-11-7-8-24(22-27)34-18-20-35(21-19-34)31-28-12-5-6-13-29(28)32-30(33-31)23-14-16-26(17-15-23)37-25-9-3-2-4-10-25/h2-17,22H,18-21H2,1H3. The molecule has 2 heterocycles. The van der Waals surface area contributed by atoms with Gasteiger partial charge >= 0.3 is 0 Å². The Hall–Kier alpha value is -4.58. The number of hydrogen-bond donors (Lipinski definition) is 0. The zero-order valence-corrected chi connectivity index (χ0v) is 20.7. The second kappa shape index (κ2) is 10.2. The summed E-state index contributed by atoms with van der Waals surface area (Å²) in [7, 11) is 1.71. The first-order valence-electron chi connectivity index (χ1n) is 12.5. The van der Waals surface area contributed by atoms with Gasteiger partial charge in [-0.1, -0.05) is 36.4 Å². The molecule has 1 aliphatic heterocycles. The van der Waals surface area contributed by atoms with E-state index in [1.54, 1.807) is 7.11 Å². The molecule has 5 aromatic rings. The van der Waals surface area contributed by atoms with Crippen LogP contribution in [0.2, 0.25) is 0 Å². The van der Waals surface area contributed by atoms with Gasteiger partial charge in [0.05, 0.1) is 12.6 Å². The van der Waals surface area contributed by atoms with Crippen LogP contribution in [-0.4, -0.2) is 43.3 Å². The lowest BCUT2D eigenvalue weighted by atomic mass is 10.1. The molecule has 0 bridgehead atoms. The highest BCUT2D eigenvalue weighted by molar-refractivity contribution is 5.91. The number of methoxy groups -OCH3 is 1. The molecule has 1 saturated heterocycles. The average molecular weight is 489 g/mol. The van der Waals surface area contributed by atoms with E-state index < -0.39 is 0 Å². The third-order valence-corrected chi connectivity index (χ3v) is 6.67. The van der Waals surface area contributed by atoms with Crippen LogP contribution in [0.15, 0.2) is 103 Å². The van der Waals surface area contributed by atoms with Crippen molar-refractivity contribution >= 4 is 22.4 Å². The maximum absolute atomic E-state index is 5.96. The fourth-order valence-electron chi connectivity index (χ4n) is 4.71. The molecule has 0 atom stereocenters. The SMILES string of the molecule is COc1cccc(N2CCN(c3nc(-c4ccc(Oc5ccccc5)cc4)nc4ccccc34)CC2)c1. The third-order valence-electron chi connectivity index (χ3n) is 6.67. The first kappa shape index (κ1) is 22.9. The summed E-state index contributed by atoms with van der Waals surface area (Å²) in [6, 6.07) is 34.3. The number of nitrogens with zero attached hydrogens (tertiary/aromatic N) is 4. The Morgan fingerprint density at radius 1 is 0.622 bits per heavy atom. The van der Waals surface area contributed by atoms with Crippen molar-refractivity contribution in [3.05, 3.63) is 103 Å². The molecule has 4 aromatic carbocycles. The van der Waals surface area contributed by atoms with Gasteiger partial charge in [-0.3, -0.25) is 0 Å². The second-order valence-corrected chi connectivity index (χ2v) is 9.00. The quantitative estimate of drug-likeness (QED) is 0.275. The molecule has 0 aliphatic carbocycles. The van der Waals surface area contributed by atoms with Gasteiger partial charge in [-0.25, -0.2) is 9.97 Å². The Morgan fingerprint density at radius 3 is 2.08 bits per heavy atom. The minimum atomic E-state index is 0.718. The summed E-state index contributed by atoms with van der Waals surface area (Å²) in [6.45, 7) is 3.57. The van der Waals surface area contributed by atoms with Crippen LogP contribution < -0.4 is 19.3 Å². The molecule has 37 heavy (non-hydrogen) atoms. The summed E-state index contributed by atoms with van der Waals surface area (Å²) in [5.41, 5.74) is 3.09. The number of benzene rings is 4. The van der Waals surface area contributed by atoms with E-state index >= 15 is 0 Å². The molecule has 0 saturated carbocycles. The van der Waals surface area contributed by atoms with Crippen molar-refractivity contribution in [2.24, 2.45) is 0 Å². The van der Waals surface area contributed by atoms with Gasteiger partial charge in [0.2, 0.25) is 0 Å². The van der Waals surface area contributed by atoms with Gasteiger partial charge in [-0.15, -0.1) is 0 Å². The van der Waals surface area contributed by atoms with Crippen molar-refractivity contribution in [3.8, 4) is 28.6 Å². The lowest BCUT2D eigenvalue weighted by Crippen LogP contribution is -2.47. The molecule has 1 aliphatic rings. The summed E-state index contributed by atoms with van der Waals surface area (Å²) in [5.74, 6) is 4.18. The van der Waals surface area contributed by atoms with E-state index in [1.165, 1.54) is 5.69 Å². The fraction of sp³-hybridized carbons (Fsp3) is 0.161. The van der Waals surface area contributed by atoms with Crippen LogP contribution in [0, 0.1) is 0 Å². The maximum atomic E-state index is 5.96. The molecule has 6 rings (SSSR count). The van der Waals surface area contributed by atoms with E-state index in [0.29, 0.717) is 0 Å². The Morgan fingerprint density at radius 2 is 1.30 bits per heavy atom. The number of hydrogen-bond acceptors (Lipinski definition) is 6. The van der Waals surface area contributed by atoms with Crippen molar-refractivity contribution in [1.82, 2.24) is 9.97 Å². The molecule has 6 nitrogen and oxygen atoms in total. The highest BCUT2D eigenvalue weighted by Crippen LogP contribution is 2.31. The van der Waals surface area contributed by atoms with E-state index in [1.807, 2.05) is 72.8 Å². The molecule has 1 fully saturated rings. The number of anilines is 2. The first-order chi connectivity index (χ1) is 18.3.